The molecule has 0 aromatic heterocycles. The lowest BCUT2D eigenvalue weighted by Crippen LogP contribution is -2.30. The average molecular weight is 276 g/mol. The summed E-state index contributed by atoms with van der Waals surface area (Å²) in [7, 11) is 3.78. The fourth-order valence-electron chi connectivity index (χ4n) is 2.80. The van der Waals surface area contributed by atoms with Gasteiger partial charge in [-0.1, -0.05) is 19.9 Å². The quantitative estimate of drug-likeness (QED) is 0.919. The van der Waals surface area contributed by atoms with Crippen molar-refractivity contribution in [1.29, 1.82) is 0 Å². The Morgan fingerprint density at radius 2 is 2.00 bits per heavy atom. The van der Waals surface area contributed by atoms with E-state index in [2.05, 4.69) is 32.7 Å². The van der Waals surface area contributed by atoms with Crippen molar-refractivity contribution in [3.63, 3.8) is 0 Å². The normalized spacial score (nSPS) is 19.4. The highest BCUT2D eigenvalue weighted by molar-refractivity contribution is 6.03. The van der Waals surface area contributed by atoms with Gasteiger partial charge in [0.05, 0.1) is 5.69 Å². The lowest BCUT2D eigenvalue weighted by molar-refractivity contribution is -0.125. The summed E-state index contributed by atoms with van der Waals surface area (Å²) in [4.78, 5) is 15.5. The molecule has 0 saturated heterocycles. The first-order chi connectivity index (χ1) is 9.32. The van der Waals surface area contributed by atoms with Gasteiger partial charge in [-0.25, -0.2) is 0 Å². The highest BCUT2D eigenvalue weighted by atomic mass is 16.3. The van der Waals surface area contributed by atoms with Crippen LogP contribution in [0.2, 0.25) is 0 Å². The lowest BCUT2D eigenvalue weighted by Gasteiger charge is -2.29. The molecule has 0 spiro atoms. The van der Waals surface area contributed by atoms with Crippen LogP contribution in [-0.4, -0.2) is 31.2 Å². The third kappa shape index (κ3) is 2.52. The van der Waals surface area contributed by atoms with Crippen LogP contribution in [0.5, 0.6) is 0 Å². The fraction of sp³-hybridized carbons (Fsp3) is 0.562. The van der Waals surface area contributed by atoms with Crippen LogP contribution < -0.4 is 9.80 Å². The minimum absolute atomic E-state index is 0.255. The third-order valence-electron chi connectivity index (χ3n) is 4.12. The smallest absolute Gasteiger partial charge is 0.260 e. The van der Waals surface area contributed by atoms with Crippen molar-refractivity contribution in [3.8, 4) is 0 Å². The van der Waals surface area contributed by atoms with Crippen LogP contribution in [0.25, 0.3) is 0 Å². The maximum atomic E-state index is 11.8. The molecule has 110 valence electrons. The van der Waals surface area contributed by atoms with Gasteiger partial charge in [0.2, 0.25) is 0 Å². The zero-order valence-corrected chi connectivity index (χ0v) is 12.9. The number of hydrogen-bond donors (Lipinski definition) is 1. The molecule has 1 amide bonds. The molecule has 2 unspecified atom stereocenters. The number of fused-ring (bicyclic) bond motifs is 1. The molecule has 0 bridgehead atoms. The lowest BCUT2D eigenvalue weighted by atomic mass is 10.0. The average Bonchev–Trinajstić information content (AvgIpc) is 2.62. The second-order valence-electron chi connectivity index (χ2n) is 6.13. The van der Waals surface area contributed by atoms with Gasteiger partial charge in [0.15, 0.2) is 6.10 Å². The van der Waals surface area contributed by atoms with Crippen molar-refractivity contribution in [2.45, 2.75) is 39.3 Å². The summed E-state index contributed by atoms with van der Waals surface area (Å²) in [6.45, 7) is 6.64. The van der Waals surface area contributed by atoms with E-state index in [9.17, 15) is 9.90 Å². The highest BCUT2D eigenvalue weighted by Crippen LogP contribution is 2.37. The van der Waals surface area contributed by atoms with E-state index in [1.54, 1.807) is 7.05 Å². The Balaban J connectivity index is 2.26. The van der Waals surface area contributed by atoms with E-state index in [4.69, 9.17) is 0 Å². The summed E-state index contributed by atoms with van der Waals surface area (Å²) < 4.78 is 0. The molecule has 1 aliphatic heterocycles. The van der Waals surface area contributed by atoms with Gasteiger partial charge >= 0.3 is 0 Å². The Hall–Kier alpha value is -1.55. The summed E-state index contributed by atoms with van der Waals surface area (Å²) in [6.07, 6.45) is 0.104. The Kier molecular flexibility index (Phi) is 4.04. The van der Waals surface area contributed by atoms with E-state index in [-0.39, 0.29) is 5.91 Å². The predicted molar refractivity (Wildman–Crippen MR) is 82.1 cm³/mol. The Morgan fingerprint density at radius 3 is 2.60 bits per heavy atom. The van der Waals surface area contributed by atoms with E-state index in [0.717, 1.165) is 17.8 Å². The number of likely N-dealkylation sites (N-methyl/N-ethyl adjacent to an activating group) is 1. The molecule has 1 N–H and O–H groups in total. The molecule has 1 aromatic rings. The second kappa shape index (κ2) is 5.44. The molecule has 4 nitrogen and oxygen atoms in total. The van der Waals surface area contributed by atoms with Gasteiger partial charge in [0, 0.05) is 31.4 Å². The highest BCUT2D eigenvalue weighted by Gasteiger charge is 2.33. The standard InChI is InChI=1S/C16H24N2O2/c1-10(2)8-11(3)17(4)12-6-7-13-14(9-12)18(5)16(20)15(13)19/h6-7,9-11,15,19H,8H2,1-5H3. The number of amides is 1. The fourth-order valence-corrected chi connectivity index (χ4v) is 2.80. The zero-order chi connectivity index (χ0) is 15.0. The zero-order valence-electron chi connectivity index (χ0n) is 12.9. The van der Waals surface area contributed by atoms with Crippen molar-refractivity contribution in [1.82, 2.24) is 0 Å². The largest absolute Gasteiger partial charge is 0.378 e. The van der Waals surface area contributed by atoms with E-state index in [0.29, 0.717) is 17.5 Å². The van der Waals surface area contributed by atoms with Crippen LogP contribution in [0, 0.1) is 5.92 Å². The van der Waals surface area contributed by atoms with Gasteiger partial charge in [-0.15, -0.1) is 0 Å². The predicted octanol–water partition coefficient (Wildman–Crippen LogP) is 2.57. The Bertz CT molecular complexity index is 513. The SMILES string of the molecule is CC(C)CC(C)N(C)c1ccc2c(c1)N(C)C(=O)C2O. The number of nitrogens with zero attached hydrogens (tertiary/aromatic N) is 2. The number of carbonyl (C=O) groups is 1. The van der Waals surface area contributed by atoms with Gasteiger partial charge in [0.25, 0.3) is 5.91 Å². The molecule has 1 aromatic carbocycles. The van der Waals surface area contributed by atoms with Crippen molar-refractivity contribution >= 4 is 17.3 Å². The number of anilines is 2. The Labute approximate surface area is 121 Å². The topological polar surface area (TPSA) is 43.8 Å². The number of aliphatic hydroxyl groups is 1. The molecule has 4 heteroatoms. The van der Waals surface area contributed by atoms with Crippen LogP contribution in [0.1, 0.15) is 38.9 Å². The van der Waals surface area contributed by atoms with Crippen molar-refractivity contribution < 1.29 is 9.90 Å². The van der Waals surface area contributed by atoms with Crippen molar-refractivity contribution in [2.75, 3.05) is 23.9 Å². The molecular formula is C16H24N2O2. The molecule has 0 fully saturated rings. The van der Waals surface area contributed by atoms with E-state index < -0.39 is 6.10 Å². The summed E-state index contributed by atoms with van der Waals surface area (Å²) >= 11 is 0. The van der Waals surface area contributed by atoms with Gasteiger partial charge < -0.3 is 14.9 Å². The number of rotatable bonds is 4. The van der Waals surface area contributed by atoms with Crippen LogP contribution in [0.15, 0.2) is 18.2 Å². The first kappa shape index (κ1) is 14.9. The number of aliphatic hydroxyl groups excluding tert-OH is 1. The molecule has 2 rings (SSSR count). The van der Waals surface area contributed by atoms with Crippen LogP contribution >= 0.6 is 0 Å². The number of carbonyl (C=O) groups excluding carboxylic acids is 1. The molecule has 0 saturated carbocycles. The maximum absolute atomic E-state index is 11.8. The molecular weight excluding hydrogens is 252 g/mol. The summed E-state index contributed by atoms with van der Waals surface area (Å²) in [6, 6.07) is 6.25. The van der Waals surface area contributed by atoms with Gasteiger partial charge in [0.1, 0.15) is 0 Å². The molecule has 1 aliphatic rings. The molecule has 0 aliphatic carbocycles. The number of hydrogen-bond acceptors (Lipinski definition) is 3. The van der Waals surface area contributed by atoms with Gasteiger partial charge in [-0.3, -0.25) is 4.79 Å². The first-order valence-corrected chi connectivity index (χ1v) is 7.15. The number of benzene rings is 1. The van der Waals surface area contributed by atoms with Crippen LogP contribution in [0.3, 0.4) is 0 Å². The molecule has 1 heterocycles. The molecule has 0 radical (unpaired) electrons. The summed E-state index contributed by atoms with van der Waals surface area (Å²) in [5.41, 5.74) is 2.58. The summed E-state index contributed by atoms with van der Waals surface area (Å²) in [5, 5.41) is 9.87. The minimum atomic E-state index is -1.01. The van der Waals surface area contributed by atoms with Gasteiger partial charge in [-0.05, 0) is 31.4 Å². The van der Waals surface area contributed by atoms with E-state index in [1.165, 1.54) is 4.90 Å². The van der Waals surface area contributed by atoms with Crippen molar-refractivity contribution in [3.05, 3.63) is 23.8 Å². The van der Waals surface area contributed by atoms with Crippen LogP contribution in [-0.2, 0) is 4.79 Å². The third-order valence-corrected chi connectivity index (χ3v) is 4.12. The van der Waals surface area contributed by atoms with Gasteiger partial charge in [-0.2, -0.15) is 0 Å². The van der Waals surface area contributed by atoms with Crippen molar-refractivity contribution in [2.24, 2.45) is 5.92 Å². The maximum Gasteiger partial charge on any atom is 0.260 e. The molecule has 2 atom stereocenters. The Morgan fingerprint density at radius 1 is 1.35 bits per heavy atom. The minimum Gasteiger partial charge on any atom is -0.378 e. The van der Waals surface area contributed by atoms with E-state index in [1.807, 2.05) is 18.2 Å². The summed E-state index contributed by atoms with van der Waals surface area (Å²) in [5.74, 6) is 0.392. The second-order valence-corrected chi connectivity index (χ2v) is 6.13. The molecule has 20 heavy (non-hydrogen) atoms. The first-order valence-electron chi connectivity index (χ1n) is 7.15. The van der Waals surface area contributed by atoms with E-state index >= 15 is 0 Å². The van der Waals surface area contributed by atoms with Crippen LogP contribution in [0.4, 0.5) is 11.4 Å². The monoisotopic (exact) mass is 276 g/mol.